The van der Waals surface area contributed by atoms with Crippen molar-refractivity contribution in [3.05, 3.63) is 90.2 Å². The lowest BCUT2D eigenvalue weighted by atomic mass is 10.1. The number of para-hydroxylation sites is 2. The molecule has 170 valence electrons. The first-order valence-electron chi connectivity index (χ1n) is 11.0. The predicted octanol–water partition coefficient (Wildman–Crippen LogP) is 5.73. The van der Waals surface area contributed by atoms with Crippen LogP contribution in [0.3, 0.4) is 0 Å². The van der Waals surface area contributed by atoms with E-state index < -0.39 is 0 Å². The van der Waals surface area contributed by atoms with E-state index in [1.165, 1.54) is 12.1 Å². The summed E-state index contributed by atoms with van der Waals surface area (Å²) in [6.07, 6.45) is 1.72. The summed E-state index contributed by atoms with van der Waals surface area (Å²) in [7, 11) is 1.59. The molecule has 0 radical (unpaired) electrons. The van der Waals surface area contributed by atoms with Gasteiger partial charge in [0.15, 0.2) is 0 Å². The number of hydrogen-bond acceptors (Lipinski definition) is 5. The molecule has 1 aliphatic heterocycles. The highest BCUT2D eigenvalue weighted by Gasteiger charge is 2.17. The van der Waals surface area contributed by atoms with Crippen molar-refractivity contribution in [2.24, 2.45) is 4.99 Å². The zero-order valence-electron chi connectivity index (χ0n) is 19.2. The van der Waals surface area contributed by atoms with Crippen molar-refractivity contribution in [3.63, 3.8) is 0 Å². The summed E-state index contributed by atoms with van der Waals surface area (Å²) >= 11 is 0. The molecule has 0 atom stereocenters. The normalized spacial score (nSPS) is 12.0. The number of anilines is 2. The summed E-state index contributed by atoms with van der Waals surface area (Å²) in [5, 5.41) is 4.22. The first-order valence-corrected chi connectivity index (χ1v) is 11.0. The maximum absolute atomic E-state index is 13.7. The number of pyridine rings is 1. The molecule has 5 rings (SSSR count). The second-order valence-corrected chi connectivity index (χ2v) is 8.21. The topological polar surface area (TPSA) is 64.3 Å². The molecule has 1 N–H and O–H groups in total. The van der Waals surface area contributed by atoms with Crippen LogP contribution in [0.1, 0.15) is 13.8 Å². The summed E-state index contributed by atoms with van der Waals surface area (Å²) in [6.45, 7) is 4.07. The highest BCUT2D eigenvalue weighted by atomic mass is 19.1. The summed E-state index contributed by atoms with van der Waals surface area (Å²) in [4.78, 5) is 14.1. The molecule has 2 aliphatic rings. The van der Waals surface area contributed by atoms with Gasteiger partial charge in [-0.2, -0.15) is 0 Å². The maximum atomic E-state index is 13.7. The molecule has 0 saturated carbocycles. The van der Waals surface area contributed by atoms with E-state index in [0.717, 1.165) is 44.8 Å². The molecule has 0 unspecified atom stereocenters. The predicted molar refractivity (Wildman–Crippen MR) is 132 cm³/mol. The van der Waals surface area contributed by atoms with Crippen LogP contribution >= 0.6 is 0 Å². The number of halogens is 1. The number of methoxy groups -OCH3 is 1. The molecule has 2 aromatic carbocycles. The van der Waals surface area contributed by atoms with Crippen LogP contribution in [0.2, 0.25) is 0 Å². The van der Waals surface area contributed by atoms with Gasteiger partial charge in [0.1, 0.15) is 5.82 Å². The highest BCUT2D eigenvalue weighted by molar-refractivity contribution is 5.84. The third-order valence-electron chi connectivity index (χ3n) is 5.40. The molecule has 0 spiro atoms. The van der Waals surface area contributed by atoms with Crippen LogP contribution in [0.15, 0.2) is 84.0 Å². The summed E-state index contributed by atoms with van der Waals surface area (Å²) in [6, 6.07) is 22.2. The van der Waals surface area contributed by atoms with Crippen LogP contribution in [0, 0.1) is 5.82 Å². The van der Waals surface area contributed by atoms with Gasteiger partial charge in [-0.15, -0.1) is 0 Å². The minimum Gasteiger partial charge on any atom is -0.481 e. The zero-order chi connectivity index (χ0) is 23.7. The van der Waals surface area contributed by atoms with Crippen LogP contribution in [-0.4, -0.2) is 27.7 Å². The van der Waals surface area contributed by atoms with Crippen molar-refractivity contribution in [3.8, 4) is 23.0 Å². The molecule has 6 nitrogen and oxygen atoms in total. The fraction of sp³-hybridized carbons (Fsp3) is 0.148. The minimum absolute atomic E-state index is 0.0830. The van der Waals surface area contributed by atoms with Crippen molar-refractivity contribution in [2.75, 3.05) is 12.4 Å². The molecule has 7 heteroatoms. The van der Waals surface area contributed by atoms with Crippen molar-refractivity contribution < 1.29 is 9.13 Å². The van der Waals surface area contributed by atoms with Crippen molar-refractivity contribution in [1.82, 2.24) is 14.5 Å². The van der Waals surface area contributed by atoms with E-state index in [9.17, 15) is 4.39 Å². The van der Waals surface area contributed by atoms with Gasteiger partial charge in [-0.1, -0.05) is 12.1 Å². The van der Waals surface area contributed by atoms with Crippen LogP contribution < -0.4 is 15.4 Å². The molecular weight excluding hydrogens is 429 g/mol. The molecule has 0 saturated heterocycles. The molecule has 0 amide bonds. The van der Waals surface area contributed by atoms with Gasteiger partial charge in [-0.25, -0.2) is 14.4 Å². The van der Waals surface area contributed by atoms with E-state index in [2.05, 4.69) is 14.9 Å². The van der Waals surface area contributed by atoms with E-state index >= 15 is 0 Å². The van der Waals surface area contributed by atoms with Gasteiger partial charge in [0.25, 0.3) is 0 Å². The number of aromatic nitrogens is 3. The number of nitrogens with one attached hydrogen (secondary N) is 1. The molecule has 0 fully saturated rings. The fourth-order valence-corrected chi connectivity index (χ4v) is 3.93. The number of rotatable bonds is 5. The van der Waals surface area contributed by atoms with Gasteiger partial charge in [-0.05, 0) is 68.4 Å². The van der Waals surface area contributed by atoms with Gasteiger partial charge in [0.05, 0.1) is 52.5 Å². The Morgan fingerprint density at radius 3 is 2.50 bits per heavy atom. The number of hydrogen-bond donors (Lipinski definition) is 1. The lowest BCUT2D eigenvalue weighted by Crippen LogP contribution is -2.16. The lowest BCUT2D eigenvalue weighted by molar-refractivity contribution is 0.398. The van der Waals surface area contributed by atoms with E-state index in [0.29, 0.717) is 5.88 Å². The maximum Gasteiger partial charge on any atom is 0.213 e. The lowest BCUT2D eigenvalue weighted by Gasteiger charge is -2.20. The Kier molecular flexibility index (Phi) is 5.67. The molecule has 2 heterocycles. The Bertz CT molecular complexity index is 1490. The molecule has 0 bridgehead atoms. The van der Waals surface area contributed by atoms with Crippen molar-refractivity contribution in [1.29, 1.82) is 0 Å². The zero-order valence-corrected chi connectivity index (χ0v) is 19.2. The van der Waals surface area contributed by atoms with Crippen LogP contribution in [-0.2, 0) is 0 Å². The Morgan fingerprint density at radius 1 is 1.00 bits per heavy atom. The third-order valence-corrected chi connectivity index (χ3v) is 5.40. The average Bonchev–Trinajstić information content (AvgIpc) is 2.84. The highest BCUT2D eigenvalue weighted by Crippen LogP contribution is 2.30. The number of nitrogens with zero attached hydrogens (tertiary/aromatic N) is 4. The second kappa shape index (κ2) is 8.94. The molecule has 1 aromatic heterocycles. The number of fused-ring (bicyclic) bond motifs is 2. The Hall–Kier alpha value is -4.26. The van der Waals surface area contributed by atoms with E-state index in [1.54, 1.807) is 31.5 Å². The van der Waals surface area contributed by atoms with Crippen LogP contribution in [0.5, 0.6) is 5.88 Å². The van der Waals surface area contributed by atoms with Crippen molar-refractivity contribution >= 4 is 22.4 Å². The molecule has 3 aromatic rings. The van der Waals surface area contributed by atoms with Gasteiger partial charge >= 0.3 is 0 Å². The van der Waals surface area contributed by atoms with E-state index in [4.69, 9.17) is 14.7 Å². The smallest absolute Gasteiger partial charge is 0.213 e. The van der Waals surface area contributed by atoms with Gasteiger partial charge in [-0.3, -0.25) is 4.99 Å². The van der Waals surface area contributed by atoms with Crippen molar-refractivity contribution in [2.45, 2.75) is 19.9 Å². The third kappa shape index (κ3) is 4.20. The summed E-state index contributed by atoms with van der Waals surface area (Å²) in [5.74, 6) is 0.270. The van der Waals surface area contributed by atoms with Crippen LogP contribution in [0.4, 0.5) is 15.8 Å². The Morgan fingerprint density at radius 2 is 1.79 bits per heavy atom. The Balaban J connectivity index is 1.77. The van der Waals surface area contributed by atoms with Gasteiger partial charge in [0.2, 0.25) is 5.88 Å². The Labute approximate surface area is 196 Å². The fourth-order valence-electron chi connectivity index (χ4n) is 3.93. The quantitative estimate of drug-likeness (QED) is 0.346. The first kappa shape index (κ1) is 21.6. The van der Waals surface area contributed by atoms with Gasteiger partial charge < -0.3 is 14.6 Å². The summed E-state index contributed by atoms with van der Waals surface area (Å²) < 4.78 is 20.9. The molecule has 34 heavy (non-hydrogen) atoms. The molecular formula is C27H24FN5O. The average molecular weight is 454 g/mol. The largest absolute Gasteiger partial charge is 0.481 e. The van der Waals surface area contributed by atoms with E-state index in [1.807, 2.05) is 56.3 Å². The SMILES string of the molecule is COc1ccc(Nc2cc3nc4ccccc4n(-c4ccc(F)cc4)c-3c/c2=N\C(C)C)cn1. The minimum atomic E-state index is -0.276. The number of ether oxygens (including phenoxy) is 1. The summed E-state index contributed by atoms with van der Waals surface area (Å²) in [5.41, 5.74) is 5.91. The second-order valence-electron chi connectivity index (χ2n) is 8.21. The monoisotopic (exact) mass is 453 g/mol. The van der Waals surface area contributed by atoms with E-state index in [-0.39, 0.29) is 11.9 Å². The van der Waals surface area contributed by atoms with Crippen LogP contribution in [0.25, 0.3) is 28.1 Å². The first-order chi connectivity index (χ1) is 16.5. The number of benzene rings is 3. The standard InChI is InChI=1S/C27H24FN5O/c1-17(2)30-23-15-26-24(14-22(23)31-19-10-13-27(34-3)29-16-19)32-21-6-4-5-7-25(21)33(26)20-11-8-18(28)9-12-20/h4-17,31H,1-3H3/b30-23+. The van der Waals surface area contributed by atoms with Gasteiger partial charge in [0, 0.05) is 17.8 Å². The molecule has 1 aliphatic carbocycles.